The molecule has 4 rings (SSSR count). The van der Waals surface area contributed by atoms with Crippen molar-refractivity contribution in [1.29, 1.82) is 0 Å². The molecular formula is C25H25N5O2S. The molecule has 0 radical (unpaired) electrons. The number of nitrogens with zero attached hydrogens (tertiary/aromatic N) is 5. The van der Waals surface area contributed by atoms with Crippen molar-refractivity contribution in [3.05, 3.63) is 78.6 Å². The first-order valence-electron chi connectivity index (χ1n) is 10.6. The summed E-state index contributed by atoms with van der Waals surface area (Å²) in [6.45, 7) is 4.59. The van der Waals surface area contributed by atoms with Gasteiger partial charge in [-0.2, -0.15) is 0 Å². The zero-order valence-electron chi connectivity index (χ0n) is 18.8. The molecule has 0 aliphatic carbocycles. The molecule has 0 bridgehead atoms. The lowest BCUT2D eigenvalue weighted by Gasteiger charge is -2.22. The summed E-state index contributed by atoms with van der Waals surface area (Å²) in [6, 6.07) is 19.4. The number of ether oxygens (including phenoxy) is 1. The van der Waals surface area contributed by atoms with Gasteiger partial charge in [-0.15, -0.1) is 10.2 Å². The molecule has 7 nitrogen and oxygen atoms in total. The van der Waals surface area contributed by atoms with E-state index in [1.165, 1.54) is 11.8 Å². The summed E-state index contributed by atoms with van der Waals surface area (Å²) >= 11 is 1.37. The molecule has 8 heteroatoms. The molecule has 0 spiro atoms. The number of anilines is 1. The monoisotopic (exact) mass is 459 g/mol. The van der Waals surface area contributed by atoms with Crippen molar-refractivity contribution in [2.24, 2.45) is 0 Å². The Bertz CT molecular complexity index is 1230. The Morgan fingerprint density at radius 3 is 2.42 bits per heavy atom. The fourth-order valence-electron chi connectivity index (χ4n) is 3.57. The summed E-state index contributed by atoms with van der Waals surface area (Å²) in [6.07, 6.45) is 3.44. The number of para-hydroxylation sites is 1. The van der Waals surface area contributed by atoms with E-state index in [2.05, 4.69) is 15.2 Å². The normalized spacial score (nSPS) is 10.8. The summed E-state index contributed by atoms with van der Waals surface area (Å²) in [5, 5.41) is 9.48. The summed E-state index contributed by atoms with van der Waals surface area (Å²) in [7, 11) is 1.64. The predicted molar refractivity (Wildman–Crippen MR) is 131 cm³/mol. The van der Waals surface area contributed by atoms with Crippen molar-refractivity contribution in [3.8, 4) is 22.8 Å². The minimum atomic E-state index is 0.0199. The average Bonchev–Trinajstić information content (AvgIpc) is 3.29. The van der Waals surface area contributed by atoms with Crippen LogP contribution in [0.2, 0.25) is 0 Å². The highest BCUT2D eigenvalue weighted by atomic mass is 32.2. The van der Waals surface area contributed by atoms with E-state index in [1.54, 1.807) is 24.4 Å². The SMILES string of the molecule is CCN(C(=O)CSc1nnc(-c2ccncc2)n1-c1ccc(OC)cc1)c1ccccc1C. The van der Waals surface area contributed by atoms with Gasteiger partial charge in [0.05, 0.1) is 12.9 Å². The number of hydrogen-bond acceptors (Lipinski definition) is 6. The first-order chi connectivity index (χ1) is 16.1. The lowest BCUT2D eigenvalue weighted by molar-refractivity contribution is -0.116. The van der Waals surface area contributed by atoms with Gasteiger partial charge in [-0.25, -0.2) is 0 Å². The van der Waals surface area contributed by atoms with Gasteiger partial charge < -0.3 is 9.64 Å². The molecule has 2 heterocycles. The Morgan fingerprint density at radius 2 is 1.76 bits per heavy atom. The molecule has 168 valence electrons. The maximum Gasteiger partial charge on any atom is 0.237 e. The zero-order chi connectivity index (χ0) is 23.2. The number of carbonyl (C=O) groups is 1. The summed E-state index contributed by atoms with van der Waals surface area (Å²) < 4.78 is 7.25. The second-order valence-electron chi connectivity index (χ2n) is 7.29. The van der Waals surface area contributed by atoms with E-state index in [0.717, 1.165) is 28.3 Å². The first kappa shape index (κ1) is 22.5. The van der Waals surface area contributed by atoms with Crippen molar-refractivity contribution < 1.29 is 9.53 Å². The number of aromatic nitrogens is 4. The topological polar surface area (TPSA) is 73.1 Å². The second-order valence-corrected chi connectivity index (χ2v) is 8.23. The summed E-state index contributed by atoms with van der Waals surface area (Å²) in [5.41, 5.74) is 3.77. The van der Waals surface area contributed by atoms with E-state index < -0.39 is 0 Å². The maximum absolute atomic E-state index is 13.1. The number of pyridine rings is 1. The number of rotatable bonds is 8. The van der Waals surface area contributed by atoms with Crippen molar-refractivity contribution in [2.45, 2.75) is 19.0 Å². The summed E-state index contributed by atoms with van der Waals surface area (Å²) in [4.78, 5) is 19.0. The minimum absolute atomic E-state index is 0.0199. The van der Waals surface area contributed by atoms with Crippen LogP contribution in [0.1, 0.15) is 12.5 Å². The van der Waals surface area contributed by atoms with Crippen LogP contribution >= 0.6 is 11.8 Å². The van der Waals surface area contributed by atoms with Crippen molar-refractivity contribution >= 4 is 23.4 Å². The van der Waals surface area contributed by atoms with E-state index in [0.29, 0.717) is 17.5 Å². The zero-order valence-corrected chi connectivity index (χ0v) is 19.6. The Labute approximate surface area is 197 Å². The molecule has 0 aliphatic rings. The van der Waals surface area contributed by atoms with Gasteiger partial charge in [0.25, 0.3) is 0 Å². The Balaban J connectivity index is 1.64. The van der Waals surface area contributed by atoms with E-state index in [-0.39, 0.29) is 11.7 Å². The quantitative estimate of drug-likeness (QED) is 0.353. The predicted octanol–water partition coefficient (Wildman–Crippen LogP) is 4.79. The number of carbonyl (C=O) groups excluding carboxylic acids is 1. The lowest BCUT2D eigenvalue weighted by Crippen LogP contribution is -2.32. The van der Waals surface area contributed by atoms with Gasteiger partial charge in [0.15, 0.2) is 11.0 Å². The van der Waals surface area contributed by atoms with Crippen LogP contribution in [0, 0.1) is 6.92 Å². The third kappa shape index (κ3) is 4.90. The van der Waals surface area contributed by atoms with Crippen molar-refractivity contribution in [2.75, 3.05) is 24.3 Å². The van der Waals surface area contributed by atoms with Gasteiger partial charge in [-0.05, 0) is 61.9 Å². The van der Waals surface area contributed by atoms with Crippen LogP contribution in [-0.2, 0) is 4.79 Å². The molecule has 0 N–H and O–H groups in total. The van der Waals surface area contributed by atoms with E-state index in [1.807, 2.05) is 79.1 Å². The molecule has 0 atom stereocenters. The average molecular weight is 460 g/mol. The largest absolute Gasteiger partial charge is 0.497 e. The Morgan fingerprint density at radius 1 is 1.03 bits per heavy atom. The second kappa shape index (κ2) is 10.3. The Hall–Kier alpha value is -3.65. The highest BCUT2D eigenvalue weighted by molar-refractivity contribution is 7.99. The molecule has 4 aromatic rings. The van der Waals surface area contributed by atoms with Gasteiger partial charge in [-0.3, -0.25) is 14.3 Å². The molecule has 0 saturated carbocycles. The third-order valence-electron chi connectivity index (χ3n) is 5.25. The molecular weight excluding hydrogens is 434 g/mol. The fourth-order valence-corrected chi connectivity index (χ4v) is 4.39. The van der Waals surface area contributed by atoms with Gasteiger partial charge in [0.1, 0.15) is 5.75 Å². The van der Waals surface area contributed by atoms with Crippen molar-refractivity contribution in [3.63, 3.8) is 0 Å². The molecule has 0 aliphatic heterocycles. The molecule has 0 unspecified atom stereocenters. The highest BCUT2D eigenvalue weighted by Crippen LogP contribution is 2.29. The molecule has 1 amide bonds. The number of methoxy groups -OCH3 is 1. The van der Waals surface area contributed by atoms with E-state index in [4.69, 9.17) is 4.74 Å². The van der Waals surface area contributed by atoms with Gasteiger partial charge >= 0.3 is 0 Å². The van der Waals surface area contributed by atoms with Gasteiger partial charge in [0.2, 0.25) is 5.91 Å². The number of hydrogen-bond donors (Lipinski definition) is 0. The smallest absolute Gasteiger partial charge is 0.237 e. The van der Waals surface area contributed by atoms with Gasteiger partial charge in [0, 0.05) is 35.9 Å². The van der Waals surface area contributed by atoms with Crippen LogP contribution in [-0.4, -0.2) is 45.1 Å². The standard InChI is InChI=1S/C25H25N5O2S/c1-4-29(22-8-6-5-7-18(22)2)23(31)17-33-25-28-27-24(19-13-15-26-16-14-19)30(25)20-9-11-21(32-3)12-10-20/h5-16H,4,17H2,1-3H3. The summed E-state index contributed by atoms with van der Waals surface area (Å²) in [5.74, 6) is 1.71. The fraction of sp³-hybridized carbons (Fsp3) is 0.200. The number of amides is 1. The van der Waals surface area contributed by atoms with Crippen LogP contribution in [0.4, 0.5) is 5.69 Å². The van der Waals surface area contributed by atoms with Crippen LogP contribution in [0.5, 0.6) is 5.75 Å². The first-order valence-corrected chi connectivity index (χ1v) is 11.6. The number of aryl methyl sites for hydroxylation is 1. The molecule has 2 aromatic carbocycles. The number of benzene rings is 2. The number of thioether (sulfide) groups is 1. The lowest BCUT2D eigenvalue weighted by atomic mass is 10.2. The van der Waals surface area contributed by atoms with E-state index >= 15 is 0 Å². The van der Waals surface area contributed by atoms with Crippen LogP contribution in [0.3, 0.4) is 0 Å². The third-order valence-corrected chi connectivity index (χ3v) is 6.16. The molecule has 2 aromatic heterocycles. The molecule has 33 heavy (non-hydrogen) atoms. The van der Waals surface area contributed by atoms with Crippen molar-refractivity contribution in [1.82, 2.24) is 19.7 Å². The Kier molecular flexibility index (Phi) is 7.04. The van der Waals surface area contributed by atoms with E-state index in [9.17, 15) is 4.79 Å². The van der Waals surface area contributed by atoms with Crippen LogP contribution < -0.4 is 9.64 Å². The van der Waals surface area contributed by atoms with Gasteiger partial charge in [-0.1, -0.05) is 30.0 Å². The maximum atomic E-state index is 13.1. The molecule has 0 fully saturated rings. The van der Waals surface area contributed by atoms with Crippen LogP contribution in [0.25, 0.3) is 17.1 Å². The highest BCUT2D eigenvalue weighted by Gasteiger charge is 2.20. The minimum Gasteiger partial charge on any atom is -0.497 e. The van der Waals surface area contributed by atoms with Crippen LogP contribution in [0.15, 0.2) is 78.2 Å². The molecule has 0 saturated heterocycles.